The molecule has 13 heavy (non-hydrogen) atoms. The molecular weight excluding hydrogens is 185 g/mol. The van der Waals surface area contributed by atoms with E-state index < -0.39 is 12.7 Å². The molecule has 0 unspecified atom stereocenters. The van der Waals surface area contributed by atoms with E-state index in [9.17, 15) is 4.39 Å². The highest BCUT2D eigenvalue weighted by Crippen LogP contribution is 2.29. The van der Waals surface area contributed by atoms with Gasteiger partial charge in [0.15, 0.2) is 0 Å². The Balaban J connectivity index is 2.57. The van der Waals surface area contributed by atoms with Crippen LogP contribution in [0.15, 0.2) is 29.6 Å². The lowest BCUT2D eigenvalue weighted by atomic mass is 10.1. The van der Waals surface area contributed by atoms with E-state index in [1.807, 2.05) is 29.6 Å². The molecule has 0 aliphatic heterocycles. The van der Waals surface area contributed by atoms with E-state index in [1.165, 1.54) is 4.70 Å². The van der Waals surface area contributed by atoms with E-state index in [0.717, 1.165) is 10.9 Å². The minimum absolute atomic E-state index is 0.476. The zero-order chi connectivity index (χ0) is 9.26. The molecule has 1 heterocycles. The summed E-state index contributed by atoms with van der Waals surface area (Å²) in [5, 5.41) is 3.02. The van der Waals surface area contributed by atoms with Gasteiger partial charge in [-0.25, -0.2) is 4.39 Å². The Morgan fingerprint density at radius 2 is 2.15 bits per heavy atom. The molecule has 2 N–H and O–H groups in total. The third kappa shape index (κ3) is 1.45. The summed E-state index contributed by atoms with van der Waals surface area (Å²) in [6.07, 6.45) is 0. The molecule has 0 aliphatic carbocycles. The lowest BCUT2D eigenvalue weighted by molar-refractivity contribution is 0.439. The minimum atomic E-state index is -0.499. The van der Waals surface area contributed by atoms with Gasteiger partial charge in [-0.3, -0.25) is 0 Å². The van der Waals surface area contributed by atoms with E-state index in [-0.39, 0.29) is 0 Å². The van der Waals surface area contributed by atoms with Gasteiger partial charge in [-0.05, 0) is 22.4 Å². The summed E-state index contributed by atoms with van der Waals surface area (Å²) in [4.78, 5) is 0. The van der Waals surface area contributed by atoms with E-state index in [2.05, 4.69) is 0 Å². The number of rotatable bonds is 2. The van der Waals surface area contributed by atoms with Crippen molar-refractivity contribution in [3.63, 3.8) is 0 Å². The van der Waals surface area contributed by atoms with Crippen LogP contribution < -0.4 is 5.73 Å². The van der Waals surface area contributed by atoms with E-state index in [0.29, 0.717) is 0 Å². The van der Waals surface area contributed by atoms with Gasteiger partial charge in [0.2, 0.25) is 0 Å². The Bertz CT molecular complexity index is 410. The number of alkyl halides is 1. The van der Waals surface area contributed by atoms with Crippen molar-refractivity contribution < 1.29 is 4.39 Å². The smallest absolute Gasteiger partial charge is 0.109 e. The molecule has 0 saturated heterocycles. The molecular formula is C10H10FNS. The van der Waals surface area contributed by atoms with Crippen LogP contribution in [0.1, 0.15) is 11.6 Å². The molecule has 0 fully saturated rings. The molecule has 1 aromatic carbocycles. The maximum atomic E-state index is 12.4. The maximum Gasteiger partial charge on any atom is 0.109 e. The molecule has 0 bridgehead atoms. The van der Waals surface area contributed by atoms with Crippen molar-refractivity contribution in [1.82, 2.24) is 0 Å². The van der Waals surface area contributed by atoms with E-state index in [1.54, 1.807) is 11.3 Å². The Morgan fingerprint density at radius 1 is 1.38 bits per heavy atom. The molecule has 68 valence electrons. The van der Waals surface area contributed by atoms with E-state index >= 15 is 0 Å². The number of fused-ring (bicyclic) bond motifs is 1. The van der Waals surface area contributed by atoms with Crippen LogP contribution in [-0.4, -0.2) is 6.67 Å². The fourth-order valence-corrected chi connectivity index (χ4v) is 2.39. The van der Waals surface area contributed by atoms with E-state index in [4.69, 9.17) is 5.73 Å². The summed E-state index contributed by atoms with van der Waals surface area (Å²) in [5.41, 5.74) is 6.56. The first-order valence-corrected chi connectivity index (χ1v) is 4.98. The zero-order valence-corrected chi connectivity index (χ0v) is 7.85. The highest BCUT2D eigenvalue weighted by atomic mass is 32.1. The zero-order valence-electron chi connectivity index (χ0n) is 7.03. The van der Waals surface area contributed by atoms with Gasteiger partial charge in [-0.15, -0.1) is 11.3 Å². The fourth-order valence-electron chi connectivity index (χ4n) is 1.37. The molecule has 0 saturated carbocycles. The number of hydrogen-bond donors (Lipinski definition) is 1. The third-order valence-corrected chi connectivity index (χ3v) is 3.06. The number of thiophene rings is 1. The molecule has 0 aliphatic rings. The second-order valence-electron chi connectivity index (χ2n) is 2.95. The predicted octanol–water partition coefficient (Wildman–Crippen LogP) is 2.87. The van der Waals surface area contributed by atoms with Crippen LogP contribution in [0.25, 0.3) is 10.1 Å². The van der Waals surface area contributed by atoms with Gasteiger partial charge in [-0.2, -0.15) is 0 Å². The van der Waals surface area contributed by atoms with Crippen LogP contribution in [0, 0.1) is 0 Å². The van der Waals surface area contributed by atoms with Crippen molar-refractivity contribution in [2.24, 2.45) is 5.73 Å². The monoisotopic (exact) mass is 195 g/mol. The standard InChI is InChI=1S/C10H10FNS/c11-5-9(12)8-6-13-10-4-2-1-3-7(8)10/h1-4,6,9H,5,12H2/t9-/m0/s1. The molecule has 1 atom stereocenters. The maximum absolute atomic E-state index is 12.4. The molecule has 1 aromatic heterocycles. The van der Waals surface area contributed by atoms with Crippen LogP contribution in [0.4, 0.5) is 4.39 Å². The van der Waals surface area contributed by atoms with Crippen LogP contribution >= 0.6 is 11.3 Å². The number of hydrogen-bond acceptors (Lipinski definition) is 2. The number of halogens is 1. The molecule has 0 amide bonds. The number of benzene rings is 1. The molecule has 3 heteroatoms. The molecule has 0 spiro atoms. The predicted molar refractivity (Wildman–Crippen MR) is 54.7 cm³/mol. The highest BCUT2D eigenvalue weighted by Gasteiger charge is 2.10. The summed E-state index contributed by atoms with van der Waals surface area (Å²) in [7, 11) is 0. The third-order valence-electron chi connectivity index (χ3n) is 2.08. The lowest BCUT2D eigenvalue weighted by Gasteiger charge is -2.04. The summed E-state index contributed by atoms with van der Waals surface area (Å²) >= 11 is 1.61. The summed E-state index contributed by atoms with van der Waals surface area (Å²) in [6.45, 7) is -0.499. The second kappa shape index (κ2) is 3.44. The van der Waals surface area contributed by atoms with Crippen molar-refractivity contribution in [3.8, 4) is 0 Å². The first kappa shape index (κ1) is 8.66. The largest absolute Gasteiger partial charge is 0.322 e. The quantitative estimate of drug-likeness (QED) is 0.783. The summed E-state index contributed by atoms with van der Waals surface area (Å²) < 4.78 is 13.5. The van der Waals surface area contributed by atoms with Gasteiger partial charge in [0.25, 0.3) is 0 Å². The Morgan fingerprint density at radius 3 is 2.92 bits per heavy atom. The van der Waals surface area contributed by atoms with Gasteiger partial charge >= 0.3 is 0 Å². The molecule has 0 radical (unpaired) electrons. The van der Waals surface area contributed by atoms with Gasteiger partial charge < -0.3 is 5.73 Å². The van der Waals surface area contributed by atoms with Crippen molar-refractivity contribution in [2.45, 2.75) is 6.04 Å². The normalized spacial score (nSPS) is 13.4. The molecule has 2 aromatic rings. The topological polar surface area (TPSA) is 26.0 Å². The van der Waals surface area contributed by atoms with Crippen LogP contribution in [0.2, 0.25) is 0 Å². The van der Waals surface area contributed by atoms with Crippen LogP contribution in [0.5, 0.6) is 0 Å². The Labute approximate surface area is 80.0 Å². The van der Waals surface area contributed by atoms with Gasteiger partial charge in [0.1, 0.15) is 6.67 Å². The van der Waals surface area contributed by atoms with Crippen LogP contribution in [-0.2, 0) is 0 Å². The average molecular weight is 195 g/mol. The minimum Gasteiger partial charge on any atom is -0.322 e. The van der Waals surface area contributed by atoms with Crippen molar-refractivity contribution in [2.75, 3.05) is 6.67 Å². The number of nitrogens with two attached hydrogens (primary N) is 1. The van der Waals surface area contributed by atoms with Crippen molar-refractivity contribution >= 4 is 21.4 Å². The van der Waals surface area contributed by atoms with Crippen LogP contribution in [0.3, 0.4) is 0 Å². The lowest BCUT2D eigenvalue weighted by Crippen LogP contribution is -2.11. The molecule has 1 nitrogen and oxygen atoms in total. The summed E-state index contributed by atoms with van der Waals surface area (Å²) in [6, 6.07) is 7.45. The SMILES string of the molecule is N[C@@H](CF)c1csc2ccccc12. The average Bonchev–Trinajstić information content (AvgIpc) is 2.60. The fraction of sp³-hybridized carbons (Fsp3) is 0.200. The highest BCUT2D eigenvalue weighted by molar-refractivity contribution is 7.17. The van der Waals surface area contributed by atoms with Gasteiger partial charge in [-0.1, -0.05) is 18.2 Å². The Kier molecular flexibility index (Phi) is 2.29. The van der Waals surface area contributed by atoms with Crippen molar-refractivity contribution in [3.05, 3.63) is 35.2 Å². The molecule has 2 rings (SSSR count). The van der Waals surface area contributed by atoms with Crippen molar-refractivity contribution in [1.29, 1.82) is 0 Å². The first-order chi connectivity index (χ1) is 6.33. The first-order valence-electron chi connectivity index (χ1n) is 4.10. The summed E-state index contributed by atoms with van der Waals surface area (Å²) in [5.74, 6) is 0. The Hall–Kier alpha value is -0.930. The second-order valence-corrected chi connectivity index (χ2v) is 3.86. The van der Waals surface area contributed by atoms with Gasteiger partial charge in [0.05, 0.1) is 6.04 Å². The van der Waals surface area contributed by atoms with Gasteiger partial charge in [0, 0.05) is 4.70 Å².